The van der Waals surface area contributed by atoms with Gasteiger partial charge in [-0.15, -0.1) is 0 Å². The van der Waals surface area contributed by atoms with E-state index in [2.05, 4.69) is 36.7 Å². The normalized spacial score (nSPS) is 14.0. The molecule has 0 aromatic heterocycles. The van der Waals surface area contributed by atoms with Crippen LogP contribution < -0.4 is 0 Å². The quantitative estimate of drug-likeness (QED) is 0.616. The summed E-state index contributed by atoms with van der Waals surface area (Å²) in [7, 11) is -3.06. The minimum atomic E-state index is -3.06. The molecule has 0 N–H and O–H groups in total. The van der Waals surface area contributed by atoms with Gasteiger partial charge in [0.05, 0.1) is 18.1 Å². The van der Waals surface area contributed by atoms with Crippen molar-refractivity contribution in [2.45, 2.75) is 40.0 Å². The zero-order valence-electron chi connectivity index (χ0n) is 13.9. The Bertz CT molecular complexity index is 562. The number of rotatable bonds is 8. The fourth-order valence-corrected chi connectivity index (χ4v) is 4.53. The Labute approximate surface area is 143 Å². The van der Waals surface area contributed by atoms with Crippen molar-refractivity contribution in [2.75, 3.05) is 24.7 Å². The van der Waals surface area contributed by atoms with Gasteiger partial charge in [0.1, 0.15) is 0 Å². The van der Waals surface area contributed by atoms with Crippen molar-refractivity contribution in [2.24, 2.45) is 5.41 Å². The summed E-state index contributed by atoms with van der Waals surface area (Å²) < 4.78 is 30.9. The Hall–Kier alpha value is -0.390. The number of ether oxygens (including phenoxy) is 1. The molecule has 0 bridgehead atoms. The van der Waals surface area contributed by atoms with E-state index in [1.165, 1.54) is 0 Å². The van der Waals surface area contributed by atoms with E-state index < -0.39 is 9.84 Å². The number of hydrogen-bond donors (Lipinski definition) is 0. The van der Waals surface area contributed by atoms with Crippen LogP contribution in [0.25, 0.3) is 0 Å². The van der Waals surface area contributed by atoms with Crippen LogP contribution in [0.15, 0.2) is 28.7 Å². The molecule has 0 saturated heterocycles. The van der Waals surface area contributed by atoms with Crippen molar-refractivity contribution in [3.63, 3.8) is 0 Å². The van der Waals surface area contributed by atoms with E-state index in [0.717, 1.165) is 10.0 Å². The molecule has 1 aromatic rings. The molecule has 0 amide bonds. The Morgan fingerprint density at radius 2 is 1.86 bits per heavy atom. The smallest absolute Gasteiger partial charge is 0.150 e. The number of sulfone groups is 1. The van der Waals surface area contributed by atoms with E-state index in [1.807, 2.05) is 31.2 Å². The maximum absolute atomic E-state index is 12.2. The van der Waals surface area contributed by atoms with Crippen molar-refractivity contribution in [3.05, 3.63) is 34.3 Å². The highest BCUT2D eigenvalue weighted by Gasteiger charge is 2.19. The minimum Gasteiger partial charge on any atom is -0.381 e. The van der Waals surface area contributed by atoms with Crippen molar-refractivity contribution in [3.8, 4) is 0 Å². The molecule has 1 aromatic carbocycles. The molecular formula is C17H27BrO3S. The lowest BCUT2D eigenvalue weighted by atomic mass is 9.99. The Kier molecular flexibility index (Phi) is 7.56. The van der Waals surface area contributed by atoms with Gasteiger partial charge in [0.25, 0.3) is 0 Å². The maximum atomic E-state index is 12.2. The zero-order valence-corrected chi connectivity index (χ0v) is 16.3. The van der Waals surface area contributed by atoms with E-state index in [-0.39, 0.29) is 22.8 Å². The largest absolute Gasteiger partial charge is 0.381 e. The maximum Gasteiger partial charge on any atom is 0.150 e. The molecule has 126 valence electrons. The monoisotopic (exact) mass is 390 g/mol. The summed E-state index contributed by atoms with van der Waals surface area (Å²) in [6.45, 7) is 9.41. The molecule has 0 radical (unpaired) electrons. The lowest BCUT2D eigenvalue weighted by Gasteiger charge is -2.18. The van der Waals surface area contributed by atoms with Gasteiger partial charge >= 0.3 is 0 Å². The van der Waals surface area contributed by atoms with E-state index in [1.54, 1.807) is 0 Å². The molecule has 0 spiro atoms. The molecule has 0 fully saturated rings. The second kappa shape index (κ2) is 8.46. The fraction of sp³-hybridized carbons (Fsp3) is 0.647. The molecule has 22 heavy (non-hydrogen) atoms. The van der Waals surface area contributed by atoms with Gasteiger partial charge in [-0.25, -0.2) is 8.42 Å². The highest BCUT2D eigenvalue weighted by atomic mass is 79.9. The second-order valence-corrected chi connectivity index (χ2v) is 10.1. The third kappa shape index (κ3) is 7.75. The molecule has 0 aliphatic carbocycles. The van der Waals surface area contributed by atoms with Crippen LogP contribution >= 0.6 is 15.9 Å². The molecule has 0 aliphatic rings. The summed E-state index contributed by atoms with van der Waals surface area (Å²) in [6, 6.07) is 7.78. The average molecular weight is 391 g/mol. The van der Waals surface area contributed by atoms with Crippen LogP contribution in [0.4, 0.5) is 0 Å². The number of benzene rings is 1. The molecule has 0 aliphatic heterocycles. The van der Waals surface area contributed by atoms with E-state index in [0.29, 0.717) is 19.6 Å². The van der Waals surface area contributed by atoms with E-state index >= 15 is 0 Å². The molecule has 0 heterocycles. The molecule has 1 rings (SSSR count). The lowest BCUT2D eigenvalue weighted by molar-refractivity contribution is 0.0720. The van der Waals surface area contributed by atoms with E-state index in [9.17, 15) is 8.42 Å². The van der Waals surface area contributed by atoms with Crippen molar-refractivity contribution >= 4 is 25.8 Å². The summed E-state index contributed by atoms with van der Waals surface area (Å²) in [5.74, 6) is 0.344. The highest BCUT2D eigenvalue weighted by Crippen LogP contribution is 2.25. The predicted octanol–water partition coefficient (Wildman–Crippen LogP) is 4.42. The predicted molar refractivity (Wildman–Crippen MR) is 96.1 cm³/mol. The molecule has 0 saturated carbocycles. The first-order valence-electron chi connectivity index (χ1n) is 7.63. The zero-order chi connectivity index (χ0) is 16.8. The van der Waals surface area contributed by atoms with Gasteiger partial charge in [0.15, 0.2) is 9.84 Å². The van der Waals surface area contributed by atoms with Crippen LogP contribution in [0.2, 0.25) is 0 Å². The van der Waals surface area contributed by atoms with Gasteiger partial charge in [0, 0.05) is 11.1 Å². The first-order valence-corrected chi connectivity index (χ1v) is 10.2. The van der Waals surface area contributed by atoms with Gasteiger partial charge in [-0.2, -0.15) is 0 Å². The van der Waals surface area contributed by atoms with Crippen LogP contribution in [0.5, 0.6) is 0 Å². The van der Waals surface area contributed by atoms with Gasteiger partial charge in [-0.1, -0.05) is 61.8 Å². The van der Waals surface area contributed by atoms with Gasteiger partial charge < -0.3 is 4.74 Å². The van der Waals surface area contributed by atoms with Gasteiger partial charge in [-0.3, -0.25) is 0 Å². The van der Waals surface area contributed by atoms with Crippen LogP contribution in [0, 0.1) is 5.41 Å². The van der Waals surface area contributed by atoms with Crippen LogP contribution in [-0.2, 0) is 14.6 Å². The summed E-state index contributed by atoms with van der Waals surface area (Å²) >= 11 is 3.48. The summed E-state index contributed by atoms with van der Waals surface area (Å²) in [6.07, 6.45) is 0.557. The highest BCUT2D eigenvalue weighted by molar-refractivity contribution is 9.10. The first-order chi connectivity index (χ1) is 10.1. The molecule has 0 unspecified atom stereocenters. The summed E-state index contributed by atoms with van der Waals surface area (Å²) in [5, 5.41) is 0. The second-order valence-electron chi connectivity index (χ2n) is 7.00. The lowest BCUT2D eigenvalue weighted by Crippen LogP contribution is -2.19. The first kappa shape index (κ1) is 19.7. The van der Waals surface area contributed by atoms with Crippen molar-refractivity contribution < 1.29 is 13.2 Å². The van der Waals surface area contributed by atoms with Crippen LogP contribution in [0.1, 0.15) is 45.6 Å². The van der Waals surface area contributed by atoms with Crippen LogP contribution in [0.3, 0.4) is 0 Å². The minimum absolute atomic E-state index is 0.0175. The number of hydrogen-bond acceptors (Lipinski definition) is 3. The average Bonchev–Trinajstić information content (AvgIpc) is 2.36. The van der Waals surface area contributed by atoms with Gasteiger partial charge in [0.2, 0.25) is 0 Å². The Morgan fingerprint density at radius 3 is 2.45 bits per heavy atom. The molecule has 5 heteroatoms. The standard InChI is InChI=1S/C17H27BrO3S/c1-14(15-8-5-6-9-16(15)18)12-22(19,20)11-7-10-21-13-17(2,3)4/h5-6,8-9,14H,7,10-13H2,1-4H3/t14-/m0/s1. The Balaban J connectivity index is 2.42. The summed E-state index contributed by atoms with van der Waals surface area (Å²) in [4.78, 5) is 0. The third-order valence-electron chi connectivity index (χ3n) is 3.22. The Morgan fingerprint density at radius 1 is 1.23 bits per heavy atom. The van der Waals surface area contributed by atoms with Crippen molar-refractivity contribution in [1.29, 1.82) is 0 Å². The summed E-state index contributed by atoms with van der Waals surface area (Å²) in [5.41, 5.74) is 1.16. The topological polar surface area (TPSA) is 43.4 Å². The van der Waals surface area contributed by atoms with Crippen molar-refractivity contribution in [1.82, 2.24) is 0 Å². The number of halogens is 1. The molecular weight excluding hydrogens is 364 g/mol. The fourth-order valence-electron chi connectivity index (χ4n) is 2.19. The molecule has 1 atom stereocenters. The van der Waals surface area contributed by atoms with E-state index in [4.69, 9.17) is 4.74 Å². The van der Waals surface area contributed by atoms with Crippen LogP contribution in [-0.4, -0.2) is 33.1 Å². The SMILES string of the molecule is C[C@@H](CS(=O)(=O)CCCOCC(C)(C)C)c1ccccc1Br. The van der Waals surface area contributed by atoms with Gasteiger partial charge in [-0.05, 0) is 29.4 Å². The molecule has 3 nitrogen and oxygen atoms in total. The third-order valence-corrected chi connectivity index (χ3v) is 5.86.